The van der Waals surface area contributed by atoms with E-state index in [1.807, 2.05) is 58.9 Å². The van der Waals surface area contributed by atoms with Crippen LogP contribution in [0.25, 0.3) is 16.3 Å². The van der Waals surface area contributed by atoms with Gasteiger partial charge in [0.2, 0.25) is 0 Å². The van der Waals surface area contributed by atoms with Gasteiger partial charge >= 0.3 is 5.97 Å². The lowest BCUT2D eigenvalue weighted by Crippen LogP contribution is -2.06. The Kier molecular flexibility index (Phi) is 6.92. The SMILES string of the molecule is C\C=C(/C(C)=C\C(C(=O)OC)=C(/C)CC)c1cc2cnc(Cl)cc2c(C)n1. The van der Waals surface area contributed by atoms with Gasteiger partial charge in [-0.2, -0.15) is 0 Å². The van der Waals surface area contributed by atoms with Gasteiger partial charge in [0.1, 0.15) is 5.15 Å². The maximum absolute atomic E-state index is 12.2. The molecule has 0 aliphatic heterocycles. The van der Waals surface area contributed by atoms with Gasteiger partial charge in [-0.15, -0.1) is 0 Å². The number of aromatic nitrogens is 2. The van der Waals surface area contributed by atoms with Gasteiger partial charge in [0.05, 0.1) is 18.4 Å². The number of carbonyl (C=O) groups is 1. The molecule has 0 aromatic carbocycles. The van der Waals surface area contributed by atoms with Crippen LogP contribution < -0.4 is 0 Å². The average Bonchev–Trinajstić information content (AvgIpc) is 2.66. The molecule has 0 radical (unpaired) electrons. The summed E-state index contributed by atoms with van der Waals surface area (Å²) in [6.45, 7) is 9.85. The van der Waals surface area contributed by atoms with Crippen LogP contribution in [0.15, 0.2) is 47.2 Å². The number of rotatable bonds is 5. The van der Waals surface area contributed by atoms with E-state index in [1.165, 1.54) is 7.11 Å². The number of nitrogens with zero attached hydrogens (tertiary/aromatic N) is 2. The minimum Gasteiger partial charge on any atom is -0.465 e. The number of fused-ring (bicyclic) bond motifs is 1. The average molecular weight is 385 g/mol. The van der Waals surface area contributed by atoms with Crippen LogP contribution in [0.4, 0.5) is 0 Å². The molecule has 5 heteroatoms. The highest BCUT2D eigenvalue weighted by Gasteiger charge is 2.14. The van der Waals surface area contributed by atoms with Crippen LogP contribution in [-0.4, -0.2) is 23.0 Å². The summed E-state index contributed by atoms with van der Waals surface area (Å²) in [6.07, 6.45) is 6.41. The number of halogens is 1. The summed E-state index contributed by atoms with van der Waals surface area (Å²) in [7, 11) is 1.40. The summed E-state index contributed by atoms with van der Waals surface area (Å²) in [5, 5.41) is 2.40. The van der Waals surface area contributed by atoms with E-state index in [0.717, 1.165) is 45.3 Å². The minimum absolute atomic E-state index is 0.328. The molecule has 142 valence electrons. The molecule has 0 N–H and O–H groups in total. The molecule has 2 heterocycles. The number of methoxy groups -OCH3 is 1. The molecule has 0 aliphatic carbocycles. The highest BCUT2D eigenvalue weighted by atomic mass is 35.5. The lowest BCUT2D eigenvalue weighted by molar-refractivity contribution is -0.135. The maximum Gasteiger partial charge on any atom is 0.337 e. The van der Waals surface area contributed by atoms with Crippen molar-refractivity contribution in [1.82, 2.24) is 9.97 Å². The summed E-state index contributed by atoms with van der Waals surface area (Å²) in [6, 6.07) is 3.82. The van der Waals surface area contributed by atoms with E-state index in [0.29, 0.717) is 10.7 Å². The van der Waals surface area contributed by atoms with Gasteiger partial charge in [0.15, 0.2) is 0 Å². The fourth-order valence-electron chi connectivity index (χ4n) is 2.96. The van der Waals surface area contributed by atoms with Gasteiger partial charge in [0.25, 0.3) is 0 Å². The predicted octanol–water partition coefficient (Wildman–Crippen LogP) is 5.84. The second kappa shape index (κ2) is 8.96. The van der Waals surface area contributed by atoms with Crippen molar-refractivity contribution < 1.29 is 9.53 Å². The van der Waals surface area contributed by atoms with Crippen LogP contribution in [0.1, 0.15) is 45.5 Å². The molecular formula is C22H25ClN2O2. The molecule has 0 saturated heterocycles. The molecule has 4 nitrogen and oxygen atoms in total. The van der Waals surface area contributed by atoms with E-state index in [2.05, 4.69) is 4.98 Å². The number of carbonyl (C=O) groups excluding carboxylic acids is 1. The Balaban J connectivity index is 2.57. The van der Waals surface area contributed by atoms with Crippen LogP contribution in [0, 0.1) is 6.92 Å². The number of hydrogen-bond acceptors (Lipinski definition) is 4. The van der Waals surface area contributed by atoms with E-state index >= 15 is 0 Å². The van der Waals surface area contributed by atoms with E-state index < -0.39 is 0 Å². The molecule has 0 atom stereocenters. The fourth-order valence-corrected chi connectivity index (χ4v) is 3.11. The monoisotopic (exact) mass is 384 g/mol. The van der Waals surface area contributed by atoms with Crippen molar-refractivity contribution >= 4 is 33.9 Å². The molecule has 0 amide bonds. The molecule has 2 rings (SSSR count). The molecule has 27 heavy (non-hydrogen) atoms. The third-order valence-corrected chi connectivity index (χ3v) is 4.82. The lowest BCUT2D eigenvalue weighted by atomic mass is 9.97. The molecule has 0 unspecified atom stereocenters. The van der Waals surface area contributed by atoms with Gasteiger partial charge in [0, 0.05) is 22.7 Å². The van der Waals surface area contributed by atoms with Crippen molar-refractivity contribution in [1.29, 1.82) is 0 Å². The molecule has 0 aliphatic rings. The van der Waals surface area contributed by atoms with Crippen molar-refractivity contribution in [2.75, 3.05) is 7.11 Å². The van der Waals surface area contributed by atoms with E-state index in [-0.39, 0.29) is 5.97 Å². The summed E-state index contributed by atoms with van der Waals surface area (Å²) < 4.78 is 4.95. The van der Waals surface area contributed by atoms with E-state index in [9.17, 15) is 4.79 Å². The topological polar surface area (TPSA) is 52.1 Å². The highest BCUT2D eigenvalue weighted by Crippen LogP contribution is 2.28. The standard InChI is InChI=1S/C22H25ClN2O2/c1-7-13(3)18(22(26)27-6)9-14(4)17(8-2)20-10-16-12-24-21(23)11-19(16)15(5)25-20/h8-12H,7H2,1-6H3/b14-9-,17-8+,18-13-. The van der Waals surface area contributed by atoms with Crippen molar-refractivity contribution in [2.24, 2.45) is 0 Å². The zero-order valence-corrected chi connectivity index (χ0v) is 17.4. The lowest BCUT2D eigenvalue weighted by Gasteiger charge is -2.12. The Bertz CT molecular complexity index is 972. The van der Waals surface area contributed by atoms with Crippen LogP contribution in [-0.2, 0) is 9.53 Å². The molecule has 2 aromatic heterocycles. The predicted molar refractivity (Wildman–Crippen MR) is 112 cm³/mol. The summed E-state index contributed by atoms with van der Waals surface area (Å²) in [5.41, 5.74) is 5.19. The van der Waals surface area contributed by atoms with Gasteiger partial charge in [-0.3, -0.25) is 4.98 Å². The van der Waals surface area contributed by atoms with Crippen molar-refractivity contribution in [3.63, 3.8) is 0 Å². The van der Waals surface area contributed by atoms with Crippen LogP contribution in [0.2, 0.25) is 5.15 Å². The number of ether oxygens (including phenoxy) is 1. The largest absolute Gasteiger partial charge is 0.465 e. The zero-order chi connectivity index (χ0) is 20.1. The van der Waals surface area contributed by atoms with Gasteiger partial charge in [-0.05, 0) is 63.5 Å². The first-order valence-corrected chi connectivity index (χ1v) is 9.26. The molecule has 0 fully saturated rings. The minimum atomic E-state index is -0.328. The van der Waals surface area contributed by atoms with Crippen molar-refractivity contribution in [3.05, 3.63) is 63.7 Å². The van der Waals surface area contributed by atoms with E-state index in [4.69, 9.17) is 21.3 Å². The van der Waals surface area contributed by atoms with Crippen molar-refractivity contribution in [3.8, 4) is 0 Å². The zero-order valence-electron chi connectivity index (χ0n) is 16.7. The van der Waals surface area contributed by atoms with Crippen LogP contribution in [0.3, 0.4) is 0 Å². The van der Waals surface area contributed by atoms with Gasteiger partial charge in [-0.1, -0.05) is 30.2 Å². The summed E-state index contributed by atoms with van der Waals surface area (Å²) in [4.78, 5) is 21.1. The molecule has 0 spiro atoms. The Labute approximate surface area is 165 Å². The number of aryl methyl sites for hydroxylation is 1. The van der Waals surface area contributed by atoms with Gasteiger partial charge < -0.3 is 4.74 Å². The van der Waals surface area contributed by atoms with Gasteiger partial charge in [-0.25, -0.2) is 9.78 Å². The summed E-state index contributed by atoms with van der Waals surface area (Å²) in [5.74, 6) is -0.328. The Morgan fingerprint density at radius 1 is 1.30 bits per heavy atom. The second-order valence-corrected chi connectivity index (χ2v) is 6.78. The van der Waals surface area contributed by atoms with Crippen LogP contribution >= 0.6 is 11.6 Å². The van der Waals surface area contributed by atoms with Crippen LogP contribution in [0.5, 0.6) is 0 Å². The Morgan fingerprint density at radius 2 is 2.00 bits per heavy atom. The third-order valence-electron chi connectivity index (χ3n) is 4.62. The molecule has 2 aromatic rings. The van der Waals surface area contributed by atoms with E-state index in [1.54, 1.807) is 6.20 Å². The highest BCUT2D eigenvalue weighted by molar-refractivity contribution is 6.30. The normalized spacial score (nSPS) is 13.6. The molecular weight excluding hydrogens is 360 g/mol. The smallest absolute Gasteiger partial charge is 0.337 e. The third kappa shape index (κ3) is 4.64. The quantitative estimate of drug-likeness (QED) is 0.281. The first kappa shape index (κ1) is 20.8. The molecule has 0 saturated carbocycles. The number of esters is 1. The Morgan fingerprint density at radius 3 is 2.59 bits per heavy atom. The number of pyridine rings is 2. The second-order valence-electron chi connectivity index (χ2n) is 6.39. The first-order chi connectivity index (χ1) is 12.8. The fraction of sp³-hybridized carbons (Fsp3) is 0.318. The summed E-state index contributed by atoms with van der Waals surface area (Å²) >= 11 is 6.01. The first-order valence-electron chi connectivity index (χ1n) is 8.88. The number of hydrogen-bond donors (Lipinski definition) is 0. The number of allylic oxidation sites excluding steroid dienone is 4. The van der Waals surface area contributed by atoms with Crippen molar-refractivity contribution in [2.45, 2.75) is 41.0 Å². The Hall–Kier alpha value is -2.46. The maximum atomic E-state index is 12.2. The molecule has 0 bridgehead atoms.